The van der Waals surface area contributed by atoms with Crippen molar-refractivity contribution in [2.45, 2.75) is 37.1 Å². The van der Waals surface area contributed by atoms with Crippen molar-refractivity contribution >= 4 is 15.8 Å². The minimum Gasteiger partial charge on any atom is -0.307 e. The van der Waals surface area contributed by atoms with Gasteiger partial charge >= 0.3 is 0 Å². The van der Waals surface area contributed by atoms with Gasteiger partial charge in [0, 0.05) is 18.8 Å². The first-order valence-corrected chi connectivity index (χ1v) is 7.48. The SMILES string of the molecule is CCC1CCCN1S(=O)(=O)c1cccnc1NN. The summed E-state index contributed by atoms with van der Waals surface area (Å²) in [5, 5.41) is 0. The average molecular weight is 270 g/mol. The van der Waals surface area contributed by atoms with Crippen LogP contribution in [0.4, 0.5) is 5.82 Å². The van der Waals surface area contributed by atoms with E-state index in [0.29, 0.717) is 6.54 Å². The standard InChI is InChI=1S/C11H18N4O2S/c1-2-9-5-4-8-15(9)18(16,17)10-6-3-7-13-11(10)14-12/h3,6-7,9H,2,4-5,8,12H2,1H3,(H,13,14). The zero-order valence-electron chi connectivity index (χ0n) is 10.3. The minimum absolute atomic E-state index is 0.0841. The fourth-order valence-corrected chi connectivity index (χ4v) is 4.24. The molecule has 1 saturated heterocycles. The Balaban J connectivity index is 2.42. The van der Waals surface area contributed by atoms with E-state index in [2.05, 4.69) is 10.4 Å². The van der Waals surface area contributed by atoms with Gasteiger partial charge in [0.15, 0.2) is 5.82 Å². The number of hydrazine groups is 1. The van der Waals surface area contributed by atoms with Crippen LogP contribution >= 0.6 is 0 Å². The van der Waals surface area contributed by atoms with Crippen LogP contribution in [0.3, 0.4) is 0 Å². The fraction of sp³-hybridized carbons (Fsp3) is 0.545. The van der Waals surface area contributed by atoms with Crippen molar-refractivity contribution in [1.29, 1.82) is 0 Å². The van der Waals surface area contributed by atoms with E-state index in [1.54, 1.807) is 10.4 Å². The number of hydrogen-bond acceptors (Lipinski definition) is 5. The maximum Gasteiger partial charge on any atom is 0.247 e. The summed E-state index contributed by atoms with van der Waals surface area (Å²) in [4.78, 5) is 4.09. The van der Waals surface area contributed by atoms with E-state index >= 15 is 0 Å². The molecule has 3 N–H and O–H groups in total. The molecule has 0 saturated carbocycles. The first kappa shape index (κ1) is 13.3. The average Bonchev–Trinajstić information content (AvgIpc) is 2.87. The molecule has 1 aromatic heterocycles. The first-order valence-electron chi connectivity index (χ1n) is 6.04. The fourth-order valence-electron chi connectivity index (χ4n) is 2.37. The van der Waals surface area contributed by atoms with E-state index < -0.39 is 10.0 Å². The molecule has 0 amide bonds. The Morgan fingerprint density at radius 2 is 2.39 bits per heavy atom. The van der Waals surface area contributed by atoms with E-state index in [1.807, 2.05) is 6.92 Å². The van der Waals surface area contributed by atoms with E-state index in [-0.39, 0.29) is 16.8 Å². The Morgan fingerprint density at radius 1 is 1.61 bits per heavy atom. The molecular formula is C11H18N4O2S. The molecule has 0 spiro atoms. The number of nitrogens with two attached hydrogens (primary N) is 1. The van der Waals surface area contributed by atoms with Gasteiger partial charge in [0.25, 0.3) is 0 Å². The van der Waals surface area contributed by atoms with Crippen molar-refractivity contribution < 1.29 is 8.42 Å². The third-order valence-corrected chi connectivity index (χ3v) is 5.27. The van der Waals surface area contributed by atoms with Crippen molar-refractivity contribution in [2.24, 2.45) is 5.84 Å². The molecule has 1 aliphatic rings. The van der Waals surface area contributed by atoms with Crippen molar-refractivity contribution in [1.82, 2.24) is 9.29 Å². The lowest BCUT2D eigenvalue weighted by atomic mass is 10.2. The Hall–Kier alpha value is -1.18. The monoisotopic (exact) mass is 270 g/mol. The van der Waals surface area contributed by atoms with Gasteiger partial charge in [0.2, 0.25) is 10.0 Å². The predicted molar refractivity (Wildman–Crippen MR) is 69.3 cm³/mol. The van der Waals surface area contributed by atoms with Gasteiger partial charge in [-0.05, 0) is 31.4 Å². The Morgan fingerprint density at radius 3 is 3.06 bits per heavy atom. The quantitative estimate of drug-likeness (QED) is 0.627. The lowest BCUT2D eigenvalue weighted by Crippen LogP contribution is -2.35. The van der Waals surface area contributed by atoms with Crippen LogP contribution in [0.15, 0.2) is 23.2 Å². The van der Waals surface area contributed by atoms with Gasteiger partial charge in [0.05, 0.1) is 0 Å². The van der Waals surface area contributed by atoms with Crippen LogP contribution < -0.4 is 11.3 Å². The summed E-state index contributed by atoms with van der Waals surface area (Å²) in [7, 11) is -3.51. The second kappa shape index (κ2) is 5.21. The number of rotatable bonds is 4. The van der Waals surface area contributed by atoms with Gasteiger partial charge in [-0.1, -0.05) is 6.92 Å². The van der Waals surface area contributed by atoms with Crippen molar-refractivity contribution in [3.05, 3.63) is 18.3 Å². The molecule has 18 heavy (non-hydrogen) atoms. The van der Waals surface area contributed by atoms with E-state index in [1.165, 1.54) is 12.3 Å². The van der Waals surface area contributed by atoms with Gasteiger partial charge in [-0.25, -0.2) is 19.2 Å². The smallest absolute Gasteiger partial charge is 0.247 e. The number of nitrogens with one attached hydrogen (secondary N) is 1. The number of aromatic nitrogens is 1. The zero-order chi connectivity index (χ0) is 13.2. The van der Waals surface area contributed by atoms with Crippen LogP contribution in [0.2, 0.25) is 0 Å². The third kappa shape index (κ3) is 2.21. The predicted octanol–water partition coefficient (Wildman–Crippen LogP) is 0.930. The normalized spacial score (nSPS) is 21.1. The van der Waals surface area contributed by atoms with Crippen LogP contribution in [0.25, 0.3) is 0 Å². The molecule has 0 aromatic carbocycles. The molecule has 6 nitrogen and oxygen atoms in total. The van der Waals surface area contributed by atoms with E-state index in [0.717, 1.165) is 19.3 Å². The summed E-state index contributed by atoms with van der Waals surface area (Å²) in [6.45, 7) is 2.57. The number of pyridine rings is 1. The second-order valence-corrected chi connectivity index (χ2v) is 6.17. The van der Waals surface area contributed by atoms with Gasteiger partial charge < -0.3 is 5.43 Å². The summed E-state index contributed by atoms with van der Waals surface area (Å²) >= 11 is 0. The number of sulfonamides is 1. The number of anilines is 1. The summed E-state index contributed by atoms with van der Waals surface area (Å²) in [5.74, 6) is 5.51. The number of nitrogen functional groups attached to an aromatic ring is 1. The molecule has 1 aromatic rings. The van der Waals surface area contributed by atoms with Crippen molar-refractivity contribution in [3.63, 3.8) is 0 Å². The van der Waals surface area contributed by atoms with Gasteiger partial charge in [0.1, 0.15) is 4.90 Å². The van der Waals surface area contributed by atoms with Crippen LogP contribution in [0.5, 0.6) is 0 Å². The molecular weight excluding hydrogens is 252 g/mol. The highest BCUT2D eigenvalue weighted by Crippen LogP contribution is 2.29. The molecule has 0 bridgehead atoms. The van der Waals surface area contributed by atoms with Crippen molar-refractivity contribution in [3.8, 4) is 0 Å². The van der Waals surface area contributed by atoms with Gasteiger partial charge in [-0.15, -0.1) is 0 Å². The summed E-state index contributed by atoms with van der Waals surface area (Å²) < 4.78 is 26.7. The lowest BCUT2D eigenvalue weighted by molar-refractivity contribution is 0.379. The number of hydrogen-bond donors (Lipinski definition) is 2. The largest absolute Gasteiger partial charge is 0.307 e. The van der Waals surface area contributed by atoms with E-state index in [9.17, 15) is 8.42 Å². The Kier molecular flexibility index (Phi) is 3.84. The maximum absolute atomic E-state index is 12.6. The molecule has 0 aliphatic carbocycles. The van der Waals surface area contributed by atoms with Crippen molar-refractivity contribution in [2.75, 3.05) is 12.0 Å². The Labute approximate surface area is 107 Å². The first-order chi connectivity index (χ1) is 8.61. The summed E-state index contributed by atoms with van der Waals surface area (Å²) in [5.41, 5.74) is 2.34. The molecule has 7 heteroatoms. The van der Waals surface area contributed by atoms with Gasteiger partial charge in [-0.3, -0.25) is 0 Å². The molecule has 0 radical (unpaired) electrons. The number of nitrogens with zero attached hydrogens (tertiary/aromatic N) is 2. The maximum atomic E-state index is 12.6. The second-order valence-electron chi connectivity index (χ2n) is 4.31. The Bertz CT molecular complexity index is 518. The van der Waals surface area contributed by atoms with E-state index in [4.69, 9.17) is 5.84 Å². The summed E-state index contributed by atoms with van der Waals surface area (Å²) in [6.07, 6.45) is 4.16. The molecule has 1 unspecified atom stereocenters. The molecule has 1 fully saturated rings. The topological polar surface area (TPSA) is 88.3 Å². The minimum atomic E-state index is -3.51. The summed E-state index contributed by atoms with van der Waals surface area (Å²) in [6, 6.07) is 3.22. The van der Waals surface area contributed by atoms with Gasteiger partial charge in [-0.2, -0.15) is 4.31 Å². The lowest BCUT2D eigenvalue weighted by Gasteiger charge is -2.23. The molecule has 100 valence electrons. The third-order valence-electron chi connectivity index (χ3n) is 3.29. The molecule has 1 atom stereocenters. The highest BCUT2D eigenvalue weighted by molar-refractivity contribution is 7.89. The van der Waals surface area contributed by atoms with Crippen LogP contribution in [0, 0.1) is 0 Å². The zero-order valence-corrected chi connectivity index (χ0v) is 11.2. The van der Waals surface area contributed by atoms with Crippen LogP contribution in [-0.2, 0) is 10.0 Å². The van der Waals surface area contributed by atoms with Crippen LogP contribution in [0.1, 0.15) is 26.2 Å². The highest BCUT2D eigenvalue weighted by atomic mass is 32.2. The molecule has 1 aliphatic heterocycles. The highest BCUT2D eigenvalue weighted by Gasteiger charge is 2.35. The van der Waals surface area contributed by atoms with Crippen LogP contribution in [-0.4, -0.2) is 30.3 Å². The molecule has 2 heterocycles. The molecule has 2 rings (SSSR count).